The third-order valence-corrected chi connectivity index (χ3v) is 10.6. The van der Waals surface area contributed by atoms with Gasteiger partial charge in [0.05, 0.1) is 26.4 Å². The third-order valence-electron chi connectivity index (χ3n) is 8.55. The minimum absolute atomic E-state index is 0.263. The first-order valence-corrected chi connectivity index (χ1v) is 22.6. The maximum absolute atomic E-state index is 12.0. The lowest BCUT2D eigenvalue weighted by atomic mass is 10.1. The summed E-state index contributed by atoms with van der Waals surface area (Å²) < 4.78 is 44.5. The Morgan fingerprint density at radius 1 is 0.304 bits per heavy atom. The van der Waals surface area contributed by atoms with Crippen LogP contribution in [0, 0.1) is 0 Å². The number of hydrogen-bond acceptors (Lipinski definition) is 6. The molecule has 0 bridgehead atoms. The monoisotopic (exact) mass is 699 g/mol. The van der Waals surface area contributed by atoms with E-state index >= 15 is 0 Å². The molecule has 0 saturated heterocycles. The van der Waals surface area contributed by atoms with Crippen molar-refractivity contribution in [2.75, 3.05) is 26.4 Å². The fourth-order valence-corrected chi connectivity index (χ4v) is 7.18. The summed E-state index contributed by atoms with van der Waals surface area (Å²) in [6.07, 6.45) is 34.7. The normalized spacial score (nSPS) is 14.4. The van der Waals surface area contributed by atoms with Crippen molar-refractivity contribution in [2.45, 2.75) is 206 Å². The van der Waals surface area contributed by atoms with Crippen molar-refractivity contribution in [3.63, 3.8) is 0 Å². The Labute approximate surface area is 285 Å². The van der Waals surface area contributed by atoms with Crippen LogP contribution in [-0.4, -0.2) is 36.2 Å². The van der Waals surface area contributed by atoms with E-state index in [1.807, 2.05) is 0 Å². The van der Waals surface area contributed by atoms with Gasteiger partial charge in [-0.15, -0.1) is 0 Å². The molecule has 278 valence electrons. The van der Waals surface area contributed by atoms with Gasteiger partial charge in [0.25, 0.3) is 0 Å². The minimum atomic E-state index is -3.92. The lowest BCUT2D eigenvalue weighted by molar-refractivity contribution is 0.143. The van der Waals surface area contributed by atoms with Crippen LogP contribution in [0.1, 0.15) is 206 Å². The van der Waals surface area contributed by atoms with Crippen LogP contribution >= 0.6 is 15.6 Å². The molecule has 0 aliphatic heterocycles. The van der Waals surface area contributed by atoms with Gasteiger partial charge in [-0.25, -0.2) is 9.13 Å². The number of hydrogen-bond donors (Lipinski definition) is 2. The van der Waals surface area contributed by atoms with Crippen molar-refractivity contribution in [3.8, 4) is 0 Å². The van der Waals surface area contributed by atoms with Crippen LogP contribution in [0.4, 0.5) is 0 Å². The van der Waals surface area contributed by atoms with E-state index in [2.05, 4.69) is 13.8 Å². The van der Waals surface area contributed by atoms with Crippen molar-refractivity contribution in [3.05, 3.63) is 0 Å². The predicted molar refractivity (Wildman–Crippen MR) is 193 cm³/mol. The smallest absolute Gasteiger partial charge is 0.302 e. The van der Waals surface area contributed by atoms with Gasteiger partial charge in [0, 0.05) is 0 Å². The molecule has 0 aliphatic carbocycles. The highest BCUT2D eigenvalue weighted by Crippen LogP contribution is 2.44. The van der Waals surface area contributed by atoms with Gasteiger partial charge < -0.3 is 9.79 Å². The predicted octanol–water partition coefficient (Wildman–Crippen LogP) is 13.0. The van der Waals surface area contributed by atoms with Crippen molar-refractivity contribution in [1.29, 1.82) is 0 Å². The summed E-state index contributed by atoms with van der Waals surface area (Å²) in [5.74, 6) is 0. The maximum atomic E-state index is 12.0. The largest absolute Gasteiger partial charge is 0.472 e. The zero-order valence-electron chi connectivity index (χ0n) is 30.3. The van der Waals surface area contributed by atoms with Gasteiger partial charge in [0.1, 0.15) is 0 Å². The van der Waals surface area contributed by atoms with Crippen molar-refractivity contribution >= 4 is 15.6 Å². The zero-order valence-corrected chi connectivity index (χ0v) is 32.1. The van der Waals surface area contributed by atoms with Crippen LogP contribution in [0.15, 0.2) is 0 Å². The molecule has 0 radical (unpaired) electrons. The molecular formula is C36H76O8P2. The molecule has 0 aromatic heterocycles. The van der Waals surface area contributed by atoms with Crippen LogP contribution < -0.4 is 0 Å². The Morgan fingerprint density at radius 3 is 0.630 bits per heavy atom. The molecule has 2 atom stereocenters. The molecular weight excluding hydrogens is 622 g/mol. The summed E-state index contributed by atoms with van der Waals surface area (Å²) in [5, 5.41) is 0. The van der Waals surface area contributed by atoms with E-state index in [0.717, 1.165) is 89.9 Å². The number of phosphoric acid groups is 2. The number of rotatable bonds is 39. The lowest BCUT2D eigenvalue weighted by Gasteiger charge is -2.12. The van der Waals surface area contributed by atoms with Gasteiger partial charge in [-0.1, -0.05) is 181 Å². The van der Waals surface area contributed by atoms with Crippen LogP contribution in [0.2, 0.25) is 0 Å². The second-order valence-corrected chi connectivity index (χ2v) is 16.1. The van der Waals surface area contributed by atoms with Gasteiger partial charge in [0.2, 0.25) is 0 Å². The Hall–Kier alpha value is 0.220. The second-order valence-electron chi connectivity index (χ2n) is 13.2. The highest BCUT2D eigenvalue weighted by molar-refractivity contribution is 7.47. The molecule has 0 aromatic carbocycles. The van der Waals surface area contributed by atoms with Gasteiger partial charge in [-0.2, -0.15) is 0 Å². The fraction of sp³-hybridized carbons (Fsp3) is 1.00. The Bertz CT molecular complexity index is 651. The van der Waals surface area contributed by atoms with E-state index < -0.39 is 15.6 Å². The first-order valence-electron chi connectivity index (χ1n) is 19.6. The number of unbranched alkanes of at least 4 members (excludes halogenated alkanes) is 27. The average Bonchev–Trinajstić information content (AvgIpc) is 3.02. The van der Waals surface area contributed by atoms with Crippen LogP contribution in [0.3, 0.4) is 0 Å². The van der Waals surface area contributed by atoms with Crippen molar-refractivity contribution < 1.29 is 37.0 Å². The summed E-state index contributed by atoms with van der Waals surface area (Å²) in [7, 11) is -7.84. The first kappa shape index (κ1) is 46.2. The summed E-state index contributed by atoms with van der Waals surface area (Å²) in [6.45, 7) is 5.57. The molecule has 46 heavy (non-hydrogen) atoms. The third kappa shape index (κ3) is 37.0. The maximum Gasteiger partial charge on any atom is 0.472 e. The Balaban J connectivity index is 3.40. The van der Waals surface area contributed by atoms with Crippen LogP contribution in [0.5, 0.6) is 0 Å². The van der Waals surface area contributed by atoms with E-state index in [4.69, 9.17) is 18.1 Å². The standard InChI is InChI=1S/C36H76O8P2/c1-3-5-7-9-11-13-17-21-25-29-33-41-45(37,38)43-35-31-27-23-19-15-16-20-24-28-32-36-44-46(39,40)42-34-30-26-22-18-14-12-10-8-6-4-2/h3-36H2,1-2H3,(H,37,38)(H,39,40). The molecule has 0 aliphatic rings. The second kappa shape index (κ2) is 35.1. The lowest BCUT2D eigenvalue weighted by Crippen LogP contribution is -1.99. The van der Waals surface area contributed by atoms with Crippen molar-refractivity contribution in [2.24, 2.45) is 0 Å². The molecule has 2 unspecified atom stereocenters. The van der Waals surface area contributed by atoms with Gasteiger partial charge >= 0.3 is 15.6 Å². The summed E-state index contributed by atoms with van der Waals surface area (Å²) in [4.78, 5) is 19.7. The molecule has 8 nitrogen and oxygen atoms in total. The topological polar surface area (TPSA) is 112 Å². The molecule has 0 amide bonds. The van der Waals surface area contributed by atoms with E-state index in [-0.39, 0.29) is 26.4 Å². The molecule has 0 rings (SSSR count). The molecule has 0 saturated carbocycles. The van der Waals surface area contributed by atoms with E-state index in [1.165, 1.54) is 103 Å². The first-order chi connectivity index (χ1) is 22.3. The molecule has 0 fully saturated rings. The summed E-state index contributed by atoms with van der Waals surface area (Å²) >= 11 is 0. The zero-order chi connectivity index (χ0) is 33.9. The van der Waals surface area contributed by atoms with Gasteiger partial charge in [0.15, 0.2) is 0 Å². The molecule has 10 heteroatoms. The average molecular weight is 699 g/mol. The summed E-state index contributed by atoms with van der Waals surface area (Å²) in [6, 6.07) is 0. The van der Waals surface area contributed by atoms with E-state index in [0.29, 0.717) is 0 Å². The van der Waals surface area contributed by atoms with Crippen molar-refractivity contribution in [1.82, 2.24) is 0 Å². The van der Waals surface area contributed by atoms with Crippen LogP contribution in [-0.2, 0) is 27.2 Å². The van der Waals surface area contributed by atoms with Gasteiger partial charge in [-0.05, 0) is 25.7 Å². The molecule has 0 heterocycles. The van der Waals surface area contributed by atoms with E-state index in [1.54, 1.807) is 0 Å². The highest BCUT2D eigenvalue weighted by atomic mass is 31.2. The van der Waals surface area contributed by atoms with E-state index in [9.17, 15) is 18.9 Å². The highest BCUT2D eigenvalue weighted by Gasteiger charge is 2.20. The van der Waals surface area contributed by atoms with Crippen LogP contribution in [0.25, 0.3) is 0 Å². The Morgan fingerprint density at radius 2 is 0.457 bits per heavy atom. The quantitative estimate of drug-likeness (QED) is 0.0482. The molecule has 2 N–H and O–H groups in total. The van der Waals surface area contributed by atoms with Gasteiger partial charge in [-0.3, -0.25) is 18.1 Å². The minimum Gasteiger partial charge on any atom is -0.302 e. The number of phosphoric ester groups is 2. The summed E-state index contributed by atoms with van der Waals surface area (Å²) in [5.41, 5.74) is 0. The fourth-order valence-electron chi connectivity index (χ4n) is 5.59. The Kier molecular flexibility index (Phi) is 35.2. The molecule has 0 aromatic rings. The SMILES string of the molecule is CCCCCCCCCCCCOP(=O)(O)OCCCCCCCCCCCCOP(=O)(O)OCCCCCCCCCCCC. The molecule has 0 spiro atoms.